The van der Waals surface area contributed by atoms with E-state index in [9.17, 15) is 4.79 Å². The molecule has 0 bridgehead atoms. The summed E-state index contributed by atoms with van der Waals surface area (Å²) in [7, 11) is -2.48. The van der Waals surface area contributed by atoms with E-state index in [1.807, 2.05) is 61.5 Å². The topological polar surface area (TPSA) is 26.3 Å². The molecule has 0 unspecified atom stereocenters. The van der Waals surface area contributed by atoms with Gasteiger partial charge in [0.2, 0.25) is 0 Å². The number of carbonyl (C=O) groups is 1. The minimum atomic E-state index is -2.48. The maximum atomic E-state index is 12.4. The van der Waals surface area contributed by atoms with Gasteiger partial charge in [-0.05, 0) is 36.4 Å². The molecular formula is C21H20O2PPd+. The van der Waals surface area contributed by atoms with Crippen LogP contribution in [0, 0.1) is 0 Å². The SMILES string of the molecule is CCC(=O)O[P+](c1ccccc1)(c1ccccc1)c1ccccc1.[Pd]. The van der Waals surface area contributed by atoms with Gasteiger partial charge in [0.05, 0.1) is 0 Å². The Balaban J connectivity index is 0.00000225. The van der Waals surface area contributed by atoms with Crippen LogP contribution in [0.1, 0.15) is 13.3 Å². The van der Waals surface area contributed by atoms with Crippen LogP contribution in [-0.2, 0) is 29.7 Å². The van der Waals surface area contributed by atoms with Crippen LogP contribution in [0.3, 0.4) is 0 Å². The molecule has 25 heavy (non-hydrogen) atoms. The molecule has 0 aliphatic rings. The van der Waals surface area contributed by atoms with Gasteiger partial charge in [0.25, 0.3) is 7.49 Å². The van der Waals surface area contributed by atoms with Gasteiger partial charge in [0.15, 0.2) is 0 Å². The molecular weight excluding hydrogens is 422 g/mol. The Bertz CT molecular complexity index is 695. The third-order valence-electron chi connectivity index (χ3n) is 3.89. The van der Waals surface area contributed by atoms with Crippen molar-refractivity contribution in [3.63, 3.8) is 0 Å². The average molecular weight is 442 g/mol. The normalized spacial score (nSPS) is 10.6. The third-order valence-corrected chi connectivity index (χ3v) is 7.44. The first-order chi connectivity index (χ1) is 11.8. The molecule has 0 atom stereocenters. The molecule has 0 N–H and O–H groups in total. The van der Waals surface area contributed by atoms with Gasteiger partial charge in [0.1, 0.15) is 15.9 Å². The van der Waals surface area contributed by atoms with Crippen LogP contribution in [0.5, 0.6) is 0 Å². The minimum absolute atomic E-state index is 0. The average Bonchev–Trinajstić information content (AvgIpc) is 2.68. The van der Waals surface area contributed by atoms with E-state index in [0.29, 0.717) is 6.42 Å². The Hall–Kier alpha value is -1.78. The number of hydrogen-bond acceptors (Lipinski definition) is 2. The first-order valence-electron chi connectivity index (χ1n) is 8.05. The van der Waals surface area contributed by atoms with Crippen LogP contribution in [0.15, 0.2) is 91.0 Å². The Kier molecular flexibility index (Phi) is 7.09. The number of benzene rings is 3. The van der Waals surface area contributed by atoms with Crippen LogP contribution in [0.25, 0.3) is 0 Å². The number of hydrogen-bond donors (Lipinski definition) is 0. The van der Waals surface area contributed by atoms with E-state index in [1.54, 1.807) is 0 Å². The summed E-state index contributed by atoms with van der Waals surface area (Å²) < 4.78 is 6.22. The molecule has 2 nitrogen and oxygen atoms in total. The Morgan fingerprint density at radius 2 is 1.04 bits per heavy atom. The van der Waals surface area contributed by atoms with Crippen molar-refractivity contribution < 1.29 is 29.7 Å². The third kappa shape index (κ3) is 4.08. The summed E-state index contributed by atoms with van der Waals surface area (Å²) in [6, 6.07) is 30.2. The summed E-state index contributed by atoms with van der Waals surface area (Å²) in [6.45, 7) is 1.83. The van der Waals surface area contributed by atoms with Crippen molar-refractivity contribution in [2.75, 3.05) is 0 Å². The smallest absolute Gasteiger partial charge is 0.297 e. The predicted molar refractivity (Wildman–Crippen MR) is 102 cm³/mol. The summed E-state index contributed by atoms with van der Waals surface area (Å²) in [6.07, 6.45) is 0.355. The maximum Gasteiger partial charge on any atom is 0.351 e. The fourth-order valence-electron chi connectivity index (χ4n) is 2.74. The standard InChI is InChI=1S/C21H20O2P.Pd/c1-2-21(22)23-24(18-12-6-3-7-13-18,19-14-8-4-9-15-19)20-16-10-5-11-17-20;/h3-17H,2H2,1H3;/q+1;. The number of carbonyl (C=O) groups excluding carboxylic acids is 1. The Morgan fingerprint density at radius 1 is 0.720 bits per heavy atom. The zero-order chi connectivity index (χ0) is 16.8. The van der Waals surface area contributed by atoms with Gasteiger partial charge >= 0.3 is 5.97 Å². The van der Waals surface area contributed by atoms with E-state index in [4.69, 9.17) is 4.52 Å². The molecule has 0 aromatic heterocycles. The van der Waals surface area contributed by atoms with E-state index in [0.717, 1.165) is 15.9 Å². The van der Waals surface area contributed by atoms with Crippen molar-refractivity contribution >= 4 is 29.4 Å². The molecule has 0 aliphatic heterocycles. The molecule has 0 spiro atoms. The molecule has 0 heterocycles. The van der Waals surface area contributed by atoms with Crippen molar-refractivity contribution in [2.24, 2.45) is 0 Å². The van der Waals surface area contributed by atoms with Gasteiger partial charge in [-0.1, -0.05) is 61.5 Å². The van der Waals surface area contributed by atoms with Gasteiger partial charge in [-0.3, -0.25) is 4.52 Å². The summed E-state index contributed by atoms with van der Waals surface area (Å²) in [5, 5.41) is 3.14. The van der Waals surface area contributed by atoms with Crippen LogP contribution < -0.4 is 15.9 Å². The van der Waals surface area contributed by atoms with Crippen molar-refractivity contribution in [1.82, 2.24) is 0 Å². The fraction of sp³-hybridized carbons (Fsp3) is 0.0952. The van der Waals surface area contributed by atoms with E-state index in [-0.39, 0.29) is 26.4 Å². The monoisotopic (exact) mass is 441 g/mol. The van der Waals surface area contributed by atoms with Crippen molar-refractivity contribution in [3.8, 4) is 0 Å². The van der Waals surface area contributed by atoms with Crippen LogP contribution in [0.4, 0.5) is 0 Å². The molecule has 0 radical (unpaired) electrons. The van der Waals surface area contributed by atoms with E-state index < -0.39 is 7.49 Å². The molecule has 0 amide bonds. The second-order valence-corrected chi connectivity index (χ2v) is 8.38. The molecule has 0 saturated carbocycles. The summed E-state index contributed by atoms with van der Waals surface area (Å²) in [4.78, 5) is 12.4. The minimum Gasteiger partial charge on any atom is -0.297 e. The molecule has 0 saturated heterocycles. The zero-order valence-corrected chi connectivity index (χ0v) is 16.4. The second kappa shape index (κ2) is 9.07. The second-order valence-electron chi connectivity index (χ2n) is 5.43. The van der Waals surface area contributed by atoms with Crippen LogP contribution in [-0.4, -0.2) is 5.97 Å². The van der Waals surface area contributed by atoms with E-state index in [2.05, 4.69) is 36.4 Å². The van der Waals surface area contributed by atoms with Gasteiger partial charge in [-0.15, -0.1) is 0 Å². The summed E-state index contributed by atoms with van der Waals surface area (Å²) in [5.41, 5.74) is 0. The van der Waals surface area contributed by atoms with Gasteiger partial charge in [-0.2, -0.15) is 0 Å². The first-order valence-corrected chi connectivity index (χ1v) is 9.76. The zero-order valence-electron chi connectivity index (χ0n) is 13.9. The quantitative estimate of drug-likeness (QED) is 0.444. The molecule has 130 valence electrons. The summed E-state index contributed by atoms with van der Waals surface area (Å²) in [5.74, 6) is -0.181. The van der Waals surface area contributed by atoms with Crippen molar-refractivity contribution in [1.29, 1.82) is 0 Å². The molecule has 3 aromatic rings. The molecule has 3 rings (SSSR count). The maximum absolute atomic E-state index is 12.4. The van der Waals surface area contributed by atoms with Gasteiger partial charge in [0, 0.05) is 26.8 Å². The van der Waals surface area contributed by atoms with Gasteiger partial charge < -0.3 is 0 Å². The molecule has 3 aromatic carbocycles. The largest absolute Gasteiger partial charge is 0.351 e. The van der Waals surface area contributed by atoms with Crippen molar-refractivity contribution in [3.05, 3.63) is 91.0 Å². The predicted octanol–water partition coefficient (Wildman–Crippen LogP) is 3.85. The molecule has 0 fully saturated rings. The number of rotatable bonds is 5. The first kappa shape index (κ1) is 19.5. The van der Waals surface area contributed by atoms with Crippen LogP contribution >= 0.6 is 7.49 Å². The molecule has 4 heteroatoms. The molecule has 0 aliphatic carbocycles. The Labute approximate surface area is 163 Å². The van der Waals surface area contributed by atoms with E-state index >= 15 is 0 Å². The van der Waals surface area contributed by atoms with E-state index in [1.165, 1.54) is 0 Å². The van der Waals surface area contributed by atoms with Crippen LogP contribution in [0.2, 0.25) is 0 Å². The van der Waals surface area contributed by atoms with Crippen molar-refractivity contribution in [2.45, 2.75) is 13.3 Å². The fourth-order valence-corrected chi connectivity index (χ4v) is 6.16. The van der Waals surface area contributed by atoms with Gasteiger partial charge in [-0.25, -0.2) is 4.79 Å². The Morgan fingerprint density at radius 3 is 1.32 bits per heavy atom. The summed E-state index contributed by atoms with van der Waals surface area (Å²) >= 11 is 0.